The Bertz CT molecular complexity index is 1150. The van der Waals surface area contributed by atoms with E-state index in [1.165, 1.54) is 47.2 Å². The lowest BCUT2D eigenvalue weighted by molar-refractivity contribution is -0.137. The first kappa shape index (κ1) is 25.2. The Morgan fingerprint density at radius 1 is 1.06 bits per heavy atom. The summed E-state index contributed by atoms with van der Waals surface area (Å²) in [5.74, 6) is -1.77. The van der Waals surface area contributed by atoms with Crippen LogP contribution in [0.1, 0.15) is 16.8 Å². The molecule has 180 valence electrons. The fourth-order valence-electron chi connectivity index (χ4n) is 2.96. The highest BCUT2D eigenvalue weighted by atomic mass is 32.2. The third kappa shape index (κ3) is 6.81. The molecule has 1 heterocycles. The third-order valence-corrected chi connectivity index (χ3v) is 5.60. The van der Waals surface area contributed by atoms with Gasteiger partial charge in [-0.3, -0.25) is 9.59 Å². The zero-order valence-corrected chi connectivity index (χ0v) is 18.4. The SMILES string of the molecule is O=C(Cn1c(CO)cnc1SCC(=O)Nc1ccccc1C(F)(F)F)NCc1ccc(F)cc1. The van der Waals surface area contributed by atoms with E-state index in [1.807, 2.05) is 0 Å². The van der Waals surface area contributed by atoms with Crippen molar-refractivity contribution < 1.29 is 32.3 Å². The normalized spacial score (nSPS) is 11.3. The summed E-state index contributed by atoms with van der Waals surface area (Å²) >= 11 is 0.908. The lowest BCUT2D eigenvalue weighted by Crippen LogP contribution is -2.28. The fraction of sp³-hybridized carbons (Fsp3) is 0.227. The number of aliphatic hydroxyl groups excluding tert-OH is 1. The number of carbonyl (C=O) groups is 2. The van der Waals surface area contributed by atoms with Crippen molar-refractivity contribution >= 4 is 29.3 Å². The molecule has 0 spiro atoms. The Balaban J connectivity index is 1.61. The van der Waals surface area contributed by atoms with E-state index in [0.29, 0.717) is 11.3 Å². The van der Waals surface area contributed by atoms with Crippen LogP contribution in [0.4, 0.5) is 23.2 Å². The van der Waals surface area contributed by atoms with Crippen molar-refractivity contribution in [2.24, 2.45) is 0 Å². The van der Waals surface area contributed by atoms with Crippen LogP contribution in [0.15, 0.2) is 59.9 Å². The molecule has 34 heavy (non-hydrogen) atoms. The second kappa shape index (κ2) is 11.2. The first-order valence-electron chi connectivity index (χ1n) is 9.92. The van der Waals surface area contributed by atoms with Crippen LogP contribution < -0.4 is 10.6 Å². The number of para-hydroxylation sites is 1. The Labute approximate surface area is 196 Å². The van der Waals surface area contributed by atoms with Gasteiger partial charge in [0.2, 0.25) is 11.8 Å². The minimum atomic E-state index is -4.62. The van der Waals surface area contributed by atoms with Gasteiger partial charge in [-0.15, -0.1) is 0 Å². The molecule has 2 amide bonds. The molecule has 0 saturated carbocycles. The number of benzene rings is 2. The summed E-state index contributed by atoms with van der Waals surface area (Å²) < 4.78 is 53.7. The average molecular weight is 496 g/mol. The zero-order valence-electron chi connectivity index (χ0n) is 17.6. The number of carbonyl (C=O) groups excluding carboxylic acids is 2. The summed E-state index contributed by atoms with van der Waals surface area (Å²) in [7, 11) is 0. The minimum absolute atomic E-state index is 0.158. The highest BCUT2D eigenvalue weighted by Crippen LogP contribution is 2.34. The summed E-state index contributed by atoms with van der Waals surface area (Å²) in [6, 6.07) is 10.2. The van der Waals surface area contributed by atoms with Crippen LogP contribution in [0.25, 0.3) is 0 Å². The number of anilines is 1. The number of aliphatic hydroxyl groups is 1. The lowest BCUT2D eigenvalue weighted by atomic mass is 10.1. The van der Waals surface area contributed by atoms with Crippen molar-refractivity contribution in [1.82, 2.24) is 14.9 Å². The quantitative estimate of drug-likeness (QED) is 0.311. The number of thioether (sulfide) groups is 1. The number of halogens is 4. The molecule has 12 heteroatoms. The molecular formula is C22H20F4N4O3S. The Hall–Kier alpha value is -3.38. The van der Waals surface area contributed by atoms with Crippen molar-refractivity contribution in [2.75, 3.05) is 11.1 Å². The lowest BCUT2D eigenvalue weighted by Gasteiger charge is -2.14. The summed E-state index contributed by atoms with van der Waals surface area (Å²) in [6.07, 6.45) is -3.28. The van der Waals surface area contributed by atoms with E-state index in [2.05, 4.69) is 15.6 Å². The monoisotopic (exact) mass is 496 g/mol. The van der Waals surface area contributed by atoms with Gasteiger partial charge in [0.25, 0.3) is 0 Å². The molecule has 7 nitrogen and oxygen atoms in total. The van der Waals surface area contributed by atoms with Gasteiger partial charge < -0.3 is 20.3 Å². The van der Waals surface area contributed by atoms with E-state index in [9.17, 15) is 32.3 Å². The molecule has 3 aromatic rings. The number of alkyl halides is 3. The Morgan fingerprint density at radius 2 is 1.76 bits per heavy atom. The summed E-state index contributed by atoms with van der Waals surface area (Å²) in [4.78, 5) is 28.7. The van der Waals surface area contributed by atoms with Crippen molar-refractivity contribution in [3.63, 3.8) is 0 Å². The van der Waals surface area contributed by atoms with E-state index in [0.717, 1.165) is 23.9 Å². The molecule has 2 aromatic carbocycles. The average Bonchev–Trinajstić information content (AvgIpc) is 3.18. The molecule has 3 rings (SSSR count). The van der Waals surface area contributed by atoms with Gasteiger partial charge in [-0.2, -0.15) is 13.2 Å². The third-order valence-electron chi connectivity index (χ3n) is 4.61. The van der Waals surface area contributed by atoms with Gasteiger partial charge in [0.05, 0.1) is 35.5 Å². The number of nitrogens with zero attached hydrogens (tertiary/aromatic N) is 2. The molecule has 0 aliphatic carbocycles. The van der Waals surface area contributed by atoms with Gasteiger partial charge in [0, 0.05) is 6.54 Å². The molecule has 0 radical (unpaired) electrons. The van der Waals surface area contributed by atoms with E-state index in [-0.39, 0.29) is 29.7 Å². The predicted molar refractivity (Wildman–Crippen MR) is 117 cm³/mol. The summed E-state index contributed by atoms with van der Waals surface area (Å²) in [6.45, 7) is -0.465. The molecular weight excluding hydrogens is 476 g/mol. The van der Waals surface area contributed by atoms with Crippen molar-refractivity contribution in [3.05, 3.63) is 77.4 Å². The van der Waals surface area contributed by atoms with Crippen LogP contribution in [-0.2, 0) is 35.5 Å². The first-order chi connectivity index (χ1) is 16.2. The van der Waals surface area contributed by atoms with Gasteiger partial charge in [-0.05, 0) is 29.8 Å². The molecule has 1 aromatic heterocycles. The van der Waals surface area contributed by atoms with E-state index in [1.54, 1.807) is 0 Å². The standard InChI is InChI=1S/C22H20F4N4O3S/c23-15-7-5-14(6-8-15)9-27-19(32)11-30-16(12-31)10-28-21(30)34-13-20(33)29-18-4-2-1-3-17(18)22(24,25)26/h1-8,10,31H,9,11-13H2,(H,27,32)(H,29,33). The maximum atomic E-state index is 13.1. The number of imidazole rings is 1. The van der Waals surface area contributed by atoms with E-state index < -0.39 is 36.0 Å². The largest absolute Gasteiger partial charge is 0.418 e. The summed E-state index contributed by atoms with van der Waals surface area (Å²) in [5.41, 5.74) is -0.314. The molecule has 3 N–H and O–H groups in total. The van der Waals surface area contributed by atoms with Crippen LogP contribution in [0, 0.1) is 5.82 Å². The molecule has 0 aliphatic rings. The molecule has 0 bridgehead atoms. The smallest absolute Gasteiger partial charge is 0.390 e. The van der Waals surface area contributed by atoms with Crippen LogP contribution in [0.2, 0.25) is 0 Å². The maximum Gasteiger partial charge on any atom is 0.418 e. The van der Waals surface area contributed by atoms with Crippen molar-refractivity contribution in [3.8, 4) is 0 Å². The maximum absolute atomic E-state index is 13.1. The van der Waals surface area contributed by atoms with Gasteiger partial charge in [-0.1, -0.05) is 36.0 Å². The second-order valence-electron chi connectivity index (χ2n) is 7.06. The Morgan fingerprint density at radius 3 is 2.44 bits per heavy atom. The molecule has 0 atom stereocenters. The predicted octanol–water partition coefficient (Wildman–Crippen LogP) is 3.58. The van der Waals surface area contributed by atoms with Crippen molar-refractivity contribution in [2.45, 2.75) is 31.0 Å². The first-order valence-corrected chi connectivity index (χ1v) is 10.9. The van der Waals surface area contributed by atoms with Gasteiger partial charge in [-0.25, -0.2) is 9.37 Å². The minimum Gasteiger partial charge on any atom is -0.390 e. The van der Waals surface area contributed by atoms with Crippen LogP contribution in [0.3, 0.4) is 0 Å². The Kier molecular flexibility index (Phi) is 8.29. The number of amides is 2. The number of aromatic nitrogens is 2. The fourth-order valence-corrected chi connectivity index (χ4v) is 3.76. The molecule has 0 fully saturated rings. The van der Waals surface area contributed by atoms with Gasteiger partial charge in [0.15, 0.2) is 5.16 Å². The molecule has 0 unspecified atom stereocenters. The highest BCUT2D eigenvalue weighted by Gasteiger charge is 2.33. The zero-order chi connectivity index (χ0) is 24.7. The summed E-state index contributed by atoms with van der Waals surface area (Å²) in [5, 5.41) is 14.7. The second-order valence-corrected chi connectivity index (χ2v) is 8.00. The van der Waals surface area contributed by atoms with Crippen LogP contribution in [0.5, 0.6) is 0 Å². The van der Waals surface area contributed by atoms with E-state index >= 15 is 0 Å². The van der Waals surface area contributed by atoms with Crippen molar-refractivity contribution in [1.29, 1.82) is 0 Å². The number of hydrogen-bond acceptors (Lipinski definition) is 5. The number of nitrogens with one attached hydrogen (secondary N) is 2. The highest BCUT2D eigenvalue weighted by molar-refractivity contribution is 7.99. The molecule has 0 saturated heterocycles. The number of hydrogen-bond donors (Lipinski definition) is 3. The van der Waals surface area contributed by atoms with Gasteiger partial charge in [0.1, 0.15) is 12.4 Å². The van der Waals surface area contributed by atoms with Crippen LogP contribution >= 0.6 is 11.8 Å². The number of rotatable bonds is 9. The van der Waals surface area contributed by atoms with Gasteiger partial charge >= 0.3 is 6.18 Å². The van der Waals surface area contributed by atoms with E-state index in [4.69, 9.17) is 0 Å². The molecule has 0 aliphatic heterocycles. The topological polar surface area (TPSA) is 96.2 Å². The van der Waals surface area contributed by atoms with Crippen LogP contribution in [-0.4, -0.2) is 32.2 Å².